The van der Waals surface area contributed by atoms with Gasteiger partial charge in [0, 0.05) is 12.0 Å². The zero-order valence-electron chi connectivity index (χ0n) is 15.1. The van der Waals surface area contributed by atoms with Gasteiger partial charge in [-0.2, -0.15) is 0 Å². The third kappa shape index (κ3) is 5.08. The third-order valence-corrected chi connectivity index (χ3v) is 3.80. The third-order valence-electron chi connectivity index (χ3n) is 3.80. The van der Waals surface area contributed by atoms with Crippen LogP contribution >= 0.6 is 0 Å². The zero-order valence-corrected chi connectivity index (χ0v) is 15.1. The quantitative estimate of drug-likeness (QED) is 0.390. The Morgan fingerprint density at radius 3 is 2.32 bits per heavy atom. The molecular weight excluding hydrogens is 316 g/mol. The maximum Gasteiger partial charge on any atom is 0.365 e. The lowest BCUT2D eigenvalue weighted by molar-refractivity contribution is 0.0515. The first-order valence-corrected chi connectivity index (χ1v) is 8.07. The van der Waals surface area contributed by atoms with E-state index >= 15 is 0 Å². The van der Waals surface area contributed by atoms with Crippen LogP contribution in [0, 0.1) is 0 Å². The monoisotopic (exact) mass is 340 g/mol. The van der Waals surface area contributed by atoms with Crippen LogP contribution in [-0.2, 0) is 16.7 Å². The minimum Gasteiger partial charge on any atom is -0.496 e. The Hall–Kier alpha value is -2.82. The number of rotatable bonds is 5. The van der Waals surface area contributed by atoms with Crippen molar-refractivity contribution in [2.24, 2.45) is 10.9 Å². The Morgan fingerprint density at radius 2 is 1.72 bits per heavy atom. The summed E-state index contributed by atoms with van der Waals surface area (Å²) >= 11 is 0. The number of para-hydroxylation sites is 1. The van der Waals surface area contributed by atoms with Gasteiger partial charge in [-0.15, -0.1) is 0 Å². The van der Waals surface area contributed by atoms with E-state index in [-0.39, 0.29) is 11.3 Å². The molecule has 2 aromatic carbocycles. The van der Waals surface area contributed by atoms with Gasteiger partial charge in [-0.1, -0.05) is 56.3 Å². The van der Waals surface area contributed by atoms with Crippen molar-refractivity contribution < 1.29 is 14.4 Å². The van der Waals surface area contributed by atoms with Crippen molar-refractivity contribution in [1.82, 2.24) is 0 Å². The molecule has 0 aliphatic heterocycles. The highest BCUT2D eigenvalue weighted by atomic mass is 16.7. The summed E-state index contributed by atoms with van der Waals surface area (Å²) in [5, 5.41) is 3.73. The molecule has 25 heavy (non-hydrogen) atoms. The summed E-state index contributed by atoms with van der Waals surface area (Å²) in [6, 6.07) is 14.8. The molecule has 0 amide bonds. The minimum absolute atomic E-state index is 0.0275. The molecule has 0 aliphatic rings. The number of carbonyl (C=O) groups is 1. The van der Waals surface area contributed by atoms with Crippen LogP contribution in [0.25, 0.3) is 0 Å². The summed E-state index contributed by atoms with van der Waals surface area (Å²) < 4.78 is 5.26. The smallest absolute Gasteiger partial charge is 0.365 e. The van der Waals surface area contributed by atoms with Gasteiger partial charge < -0.3 is 15.3 Å². The number of carbonyl (C=O) groups excluding carboxylic acids is 1. The molecule has 0 bridgehead atoms. The Morgan fingerprint density at radius 1 is 1.08 bits per heavy atom. The summed E-state index contributed by atoms with van der Waals surface area (Å²) in [5.74, 6) is 0.373. The van der Waals surface area contributed by atoms with Gasteiger partial charge in [0.05, 0.1) is 12.7 Å². The van der Waals surface area contributed by atoms with Crippen molar-refractivity contribution in [3.05, 3.63) is 65.2 Å². The number of nitrogens with zero attached hydrogens (tertiary/aromatic N) is 1. The van der Waals surface area contributed by atoms with Crippen LogP contribution in [0.3, 0.4) is 0 Å². The van der Waals surface area contributed by atoms with Gasteiger partial charge in [-0.25, -0.2) is 4.79 Å². The number of nitrogens with two attached hydrogens (primary N) is 1. The standard InChI is InChI=1S/C20H24N2O3/c1-20(2,3)16-11-9-14(10-12-16)19(23)25-22-18(21)13-15-7-5-6-8-17(15)24-4/h5-12H,13H2,1-4H3,(H2,21,22). The molecule has 0 aromatic heterocycles. The predicted molar refractivity (Wildman–Crippen MR) is 98.9 cm³/mol. The summed E-state index contributed by atoms with van der Waals surface area (Å²) in [5.41, 5.74) is 8.33. The molecule has 0 saturated heterocycles. The number of benzene rings is 2. The van der Waals surface area contributed by atoms with E-state index in [1.165, 1.54) is 0 Å². The van der Waals surface area contributed by atoms with E-state index in [0.29, 0.717) is 17.7 Å². The van der Waals surface area contributed by atoms with Gasteiger partial charge in [-0.05, 0) is 29.2 Å². The molecule has 132 valence electrons. The van der Waals surface area contributed by atoms with Crippen molar-refractivity contribution >= 4 is 11.8 Å². The Labute approximate surface area is 148 Å². The lowest BCUT2D eigenvalue weighted by Crippen LogP contribution is -2.17. The number of methoxy groups -OCH3 is 1. The molecule has 2 aromatic rings. The molecule has 0 saturated carbocycles. The highest BCUT2D eigenvalue weighted by Crippen LogP contribution is 2.22. The lowest BCUT2D eigenvalue weighted by atomic mass is 9.87. The first-order valence-electron chi connectivity index (χ1n) is 8.07. The molecule has 0 unspecified atom stereocenters. The average Bonchev–Trinajstić information content (AvgIpc) is 2.59. The van der Waals surface area contributed by atoms with E-state index in [9.17, 15) is 4.79 Å². The SMILES string of the molecule is COc1ccccc1C/C(N)=N/OC(=O)c1ccc(C(C)(C)C)cc1. The van der Waals surface area contributed by atoms with Crippen LogP contribution in [0.4, 0.5) is 0 Å². The minimum atomic E-state index is -0.538. The fourth-order valence-electron chi connectivity index (χ4n) is 2.34. The van der Waals surface area contributed by atoms with E-state index in [4.69, 9.17) is 15.3 Å². The summed E-state index contributed by atoms with van der Waals surface area (Å²) in [7, 11) is 1.59. The van der Waals surface area contributed by atoms with Crippen LogP contribution in [0.2, 0.25) is 0 Å². The van der Waals surface area contributed by atoms with Crippen LogP contribution in [0.15, 0.2) is 53.7 Å². The van der Waals surface area contributed by atoms with Crippen LogP contribution in [-0.4, -0.2) is 18.9 Å². The van der Waals surface area contributed by atoms with Gasteiger partial charge in [0.15, 0.2) is 0 Å². The van der Waals surface area contributed by atoms with E-state index in [0.717, 1.165) is 11.1 Å². The fraction of sp³-hybridized carbons (Fsp3) is 0.300. The number of oxime groups is 1. The first-order chi connectivity index (χ1) is 11.8. The normalized spacial score (nSPS) is 11.9. The maximum absolute atomic E-state index is 12.1. The predicted octanol–water partition coefficient (Wildman–Crippen LogP) is 3.66. The van der Waals surface area contributed by atoms with Gasteiger partial charge in [0.2, 0.25) is 0 Å². The molecule has 0 atom stereocenters. The molecule has 2 rings (SSSR count). The molecule has 0 aliphatic carbocycles. The maximum atomic E-state index is 12.1. The summed E-state index contributed by atoms with van der Waals surface area (Å²) in [4.78, 5) is 17.0. The van der Waals surface area contributed by atoms with E-state index in [1.807, 2.05) is 36.4 Å². The second kappa shape index (κ2) is 7.83. The van der Waals surface area contributed by atoms with Gasteiger partial charge in [0.25, 0.3) is 0 Å². The zero-order chi connectivity index (χ0) is 18.4. The topological polar surface area (TPSA) is 73.9 Å². The number of hydrogen-bond acceptors (Lipinski definition) is 4. The molecule has 0 radical (unpaired) electrons. The first kappa shape index (κ1) is 18.5. The molecule has 5 nitrogen and oxygen atoms in total. The summed E-state index contributed by atoms with van der Waals surface area (Å²) in [6.07, 6.45) is 0.334. The molecule has 0 heterocycles. The number of amidine groups is 1. The number of ether oxygens (including phenoxy) is 1. The Balaban J connectivity index is 2.01. The molecule has 2 N–H and O–H groups in total. The van der Waals surface area contributed by atoms with E-state index in [2.05, 4.69) is 25.9 Å². The average molecular weight is 340 g/mol. The van der Waals surface area contributed by atoms with Gasteiger partial charge >= 0.3 is 5.97 Å². The van der Waals surface area contributed by atoms with Crippen molar-refractivity contribution in [2.75, 3.05) is 7.11 Å². The van der Waals surface area contributed by atoms with E-state index in [1.54, 1.807) is 19.2 Å². The molecule has 0 spiro atoms. The van der Waals surface area contributed by atoms with E-state index < -0.39 is 5.97 Å². The fourth-order valence-corrected chi connectivity index (χ4v) is 2.34. The number of hydrogen-bond donors (Lipinski definition) is 1. The largest absolute Gasteiger partial charge is 0.496 e. The van der Waals surface area contributed by atoms with Crippen molar-refractivity contribution in [3.8, 4) is 5.75 Å². The van der Waals surface area contributed by atoms with Crippen molar-refractivity contribution in [2.45, 2.75) is 32.6 Å². The van der Waals surface area contributed by atoms with Crippen LogP contribution in [0.5, 0.6) is 5.75 Å². The molecular formula is C20H24N2O3. The summed E-state index contributed by atoms with van der Waals surface area (Å²) in [6.45, 7) is 6.34. The highest BCUT2D eigenvalue weighted by molar-refractivity contribution is 5.90. The van der Waals surface area contributed by atoms with Crippen LogP contribution < -0.4 is 10.5 Å². The van der Waals surface area contributed by atoms with Crippen molar-refractivity contribution in [1.29, 1.82) is 0 Å². The Kier molecular flexibility index (Phi) is 5.80. The lowest BCUT2D eigenvalue weighted by Gasteiger charge is -2.18. The van der Waals surface area contributed by atoms with Crippen LogP contribution in [0.1, 0.15) is 42.3 Å². The second-order valence-electron chi connectivity index (χ2n) is 6.78. The second-order valence-corrected chi connectivity index (χ2v) is 6.78. The Bertz CT molecular complexity index is 759. The van der Waals surface area contributed by atoms with Gasteiger partial charge in [-0.3, -0.25) is 0 Å². The highest BCUT2D eigenvalue weighted by Gasteiger charge is 2.15. The molecule has 5 heteroatoms. The van der Waals surface area contributed by atoms with Crippen molar-refractivity contribution in [3.63, 3.8) is 0 Å². The van der Waals surface area contributed by atoms with Gasteiger partial charge in [0.1, 0.15) is 11.6 Å². The molecule has 0 fully saturated rings.